The van der Waals surface area contributed by atoms with E-state index >= 15 is 0 Å². The number of aryl methyl sites for hydroxylation is 1. The van der Waals surface area contributed by atoms with Gasteiger partial charge in [0.15, 0.2) is 0 Å². The fourth-order valence-electron chi connectivity index (χ4n) is 3.80. The minimum Gasteiger partial charge on any atom is -0.378 e. The zero-order valence-corrected chi connectivity index (χ0v) is 16.3. The predicted octanol–water partition coefficient (Wildman–Crippen LogP) is 2.16. The van der Waals surface area contributed by atoms with Crippen molar-refractivity contribution in [3.63, 3.8) is 0 Å². The third-order valence-electron chi connectivity index (χ3n) is 5.34. The highest BCUT2D eigenvalue weighted by Crippen LogP contribution is 2.21. The molecule has 3 N–H and O–H groups in total. The van der Waals surface area contributed by atoms with E-state index in [2.05, 4.69) is 57.4 Å². The molecule has 28 heavy (non-hydrogen) atoms. The largest absolute Gasteiger partial charge is 0.378 e. The van der Waals surface area contributed by atoms with Crippen LogP contribution in [-0.4, -0.2) is 47.3 Å². The molecule has 0 spiro atoms. The molecule has 146 valence electrons. The van der Waals surface area contributed by atoms with Crippen LogP contribution in [0.5, 0.6) is 0 Å². The van der Waals surface area contributed by atoms with Gasteiger partial charge in [-0.2, -0.15) is 4.98 Å². The lowest BCUT2D eigenvalue weighted by atomic mass is 10.1. The monoisotopic (exact) mass is 378 g/mol. The predicted molar refractivity (Wildman–Crippen MR) is 111 cm³/mol. The lowest BCUT2D eigenvalue weighted by molar-refractivity contribution is 0.0966. The summed E-state index contributed by atoms with van der Waals surface area (Å²) in [6, 6.07) is 12.7. The van der Waals surface area contributed by atoms with Crippen LogP contribution in [0.4, 0.5) is 11.8 Å². The number of nitrogen functional groups attached to an aromatic ring is 1. The number of pyridine rings is 1. The lowest BCUT2D eigenvalue weighted by Crippen LogP contribution is -2.39. The molecule has 1 fully saturated rings. The number of nitrogens with one attached hydrogen (secondary N) is 1. The highest BCUT2D eigenvalue weighted by Gasteiger charge is 2.33. The molecule has 1 aliphatic rings. The second-order valence-corrected chi connectivity index (χ2v) is 7.08. The second kappa shape index (κ2) is 8.08. The fourth-order valence-corrected chi connectivity index (χ4v) is 3.80. The summed E-state index contributed by atoms with van der Waals surface area (Å²) in [5.74, 6) is 1.12. The number of nitrogens with zero attached hydrogens (tertiary/aromatic N) is 4. The normalized spacial score (nSPS) is 19.4. The molecule has 3 heterocycles. The van der Waals surface area contributed by atoms with Crippen molar-refractivity contribution in [3.8, 4) is 0 Å². The number of hydrogen-bond acceptors (Lipinski definition) is 7. The highest BCUT2D eigenvalue weighted by molar-refractivity contribution is 5.81. The molecule has 2 aromatic heterocycles. The molecule has 0 amide bonds. The Morgan fingerprint density at radius 1 is 1.18 bits per heavy atom. The van der Waals surface area contributed by atoms with E-state index in [-0.39, 0.29) is 18.1 Å². The van der Waals surface area contributed by atoms with E-state index in [1.165, 1.54) is 10.9 Å². The van der Waals surface area contributed by atoms with Gasteiger partial charge in [-0.05, 0) is 24.1 Å². The number of anilines is 2. The average Bonchev–Trinajstić information content (AvgIpc) is 3.15. The third kappa shape index (κ3) is 3.76. The van der Waals surface area contributed by atoms with Crippen LogP contribution in [0.2, 0.25) is 0 Å². The molecule has 1 aromatic carbocycles. The maximum atomic E-state index is 5.73. The molecule has 0 radical (unpaired) electrons. The Bertz CT molecular complexity index is 963. The van der Waals surface area contributed by atoms with Crippen molar-refractivity contribution in [2.45, 2.75) is 32.0 Å². The molecule has 4 rings (SSSR count). The number of hydrogen-bond donors (Lipinski definition) is 2. The summed E-state index contributed by atoms with van der Waals surface area (Å²) in [6.07, 6.45) is 2.74. The Hall–Kier alpha value is -2.77. The second-order valence-electron chi connectivity index (χ2n) is 7.08. The van der Waals surface area contributed by atoms with Gasteiger partial charge in [0, 0.05) is 38.3 Å². The van der Waals surface area contributed by atoms with Crippen LogP contribution in [0.3, 0.4) is 0 Å². The smallest absolute Gasteiger partial charge is 0.221 e. The van der Waals surface area contributed by atoms with Crippen molar-refractivity contribution in [2.24, 2.45) is 0 Å². The van der Waals surface area contributed by atoms with E-state index in [4.69, 9.17) is 15.5 Å². The van der Waals surface area contributed by atoms with Crippen molar-refractivity contribution in [1.29, 1.82) is 0 Å². The van der Waals surface area contributed by atoms with Crippen molar-refractivity contribution >= 4 is 22.7 Å². The maximum Gasteiger partial charge on any atom is 0.221 e. The summed E-state index contributed by atoms with van der Waals surface area (Å²) in [7, 11) is 1.75. The van der Waals surface area contributed by atoms with Gasteiger partial charge < -0.3 is 20.7 Å². The van der Waals surface area contributed by atoms with E-state index in [0.717, 1.165) is 36.5 Å². The number of fused-ring (bicyclic) bond motifs is 1. The number of benzene rings is 1. The summed E-state index contributed by atoms with van der Waals surface area (Å²) >= 11 is 0. The molecular formula is C21H26N6O. The molecule has 3 aromatic rings. The standard InChI is InChI=1S/C21H26N6O/c1-3-14-5-4-6-15-7-8-16(25-20(14)15)11-24-17-12-27(13-18(17)28-2)19-9-10-23-21(22)26-19/h4-10,17-18,24H,3,11-13H2,1-2H3,(H2,22,23,26)/t17-,18+/m1/s1. The fraction of sp³-hybridized carbons (Fsp3) is 0.381. The molecule has 7 nitrogen and oxygen atoms in total. The molecule has 2 atom stereocenters. The van der Waals surface area contributed by atoms with Crippen LogP contribution in [0, 0.1) is 0 Å². The topological polar surface area (TPSA) is 89.2 Å². The van der Waals surface area contributed by atoms with Crippen LogP contribution >= 0.6 is 0 Å². The van der Waals surface area contributed by atoms with Crippen molar-refractivity contribution in [2.75, 3.05) is 30.8 Å². The minimum absolute atomic E-state index is 0.0721. The number of aromatic nitrogens is 3. The van der Waals surface area contributed by atoms with Crippen molar-refractivity contribution in [1.82, 2.24) is 20.3 Å². The molecule has 1 aliphatic heterocycles. The van der Waals surface area contributed by atoms with Gasteiger partial charge in [0.25, 0.3) is 0 Å². The summed E-state index contributed by atoms with van der Waals surface area (Å²) in [5, 5.41) is 4.80. The molecule has 0 bridgehead atoms. The van der Waals surface area contributed by atoms with E-state index in [1.54, 1.807) is 13.3 Å². The average molecular weight is 378 g/mol. The number of ether oxygens (including phenoxy) is 1. The molecule has 7 heteroatoms. The van der Waals surface area contributed by atoms with E-state index in [9.17, 15) is 0 Å². The van der Waals surface area contributed by atoms with Gasteiger partial charge in [-0.1, -0.05) is 31.2 Å². The van der Waals surface area contributed by atoms with Crippen LogP contribution in [0.1, 0.15) is 18.2 Å². The quantitative estimate of drug-likeness (QED) is 0.679. The highest BCUT2D eigenvalue weighted by atomic mass is 16.5. The molecule has 0 unspecified atom stereocenters. The van der Waals surface area contributed by atoms with Crippen LogP contribution < -0.4 is 16.0 Å². The zero-order chi connectivity index (χ0) is 19.5. The van der Waals surface area contributed by atoms with Gasteiger partial charge in [-0.25, -0.2) is 4.98 Å². The number of nitrogens with two attached hydrogens (primary N) is 1. The van der Waals surface area contributed by atoms with E-state index < -0.39 is 0 Å². The summed E-state index contributed by atoms with van der Waals surface area (Å²) in [4.78, 5) is 15.4. The third-order valence-corrected chi connectivity index (χ3v) is 5.34. The van der Waals surface area contributed by atoms with Gasteiger partial charge in [0.1, 0.15) is 5.82 Å². The first-order valence-electron chi connectivity index (χ1n) is 9.65. The minimum atomic E-state index is 0.0721. The summed E-state index contributed by atoms with van der Waals surface area (Å²) in [5.41, 5.74) is 9.14. The Kier molecular flexibility index (Phi) is 5.36. The molecule has 0 aliphatic carbocycles. The van der Waals surface area contributed by atoms with E-state index in [0.29, 0.717) is 6.54 Å². The molecule has 0 saturated carbocycles. The first-order chi connectivity index (χ1) is 13.7. The Balaban J connectivity index is 1.47. The van der Waals surface area contributed by atoms with Gasteiger partial charge in [0.05, 0.1) is 23.4 Å². The van der Waals surface area contributed by atoms with Crippen LogP contribution in [0.25, 0.3) is 10.9 Å². The maximum absolute atomic E-state index is 5.73. The van der Waals surface area contributed by atoms with Gasteiger partial charge >= 0.3 is 0 Å². The Morgan fingerprint density at radius 2 is 2.07 bits per heavy atom. The van der Waals surface area contributed by atoms with Gasteiger partial charge in [-0.3, -0.25) is 4.98 Å². The number of rotatable bonds is 6. The summed E-state index contributed by atoms with van der Waals surface area (Å²) < 4.78 is 5.70. The number of para-hydroxylation sites is 1. The molecule has 1 saturated heterocycles. The van der Waals surface area contributed by atoms with Crippen molar-refractivity contribution < 1.29 is 4.74 Å². The Labute approximate surface area is 165 Å². The zero-order valence-electron chi connectivity index (χ0n) is 16.3. The van der Waals surface area contributed by atoms with Crippen LogP contribution in [0.15, 0.2) is 42.6 Å². The van der Waals surface area contributed by atoms with Gasteiger partial charge in [-0.15, -0.1) is 0 Å². The summed E-state index contributed by atoms with van der Waals surface area (Å²) in [6.45, 7) is 4.41. The molecular weight excluding hydrogens is 352 g/mol. The first-order valence-corrected chi connectivity index (χ1v) is 9.65. The van der Waals surface area contributed by atoms with Gasteiger partial charge in [0.2, 0.25) is 5.95 Å². The Morgan fingerprint density at radius 3 is 2.86 bits per heavy atom. The first kappa shape index (κ1) is 18.6. The van der Waals surface area contributed by atoms with Crippen LogP contribution in [-0.2, 0) is 17.7 Å². The lowest BCUT2D eigenvalue weighted by Gasteiger charge is -2.18. The van der Waals surface area contributed by atoms with Crippen molar-refractivity contribution in [3.05, 3.63) is 53.9 Å². The van der Waals surface area contributed by atoms with E-state index in [1.807, 2.05) is 6.07 Å². The SMILES string of the molecule is CCc1cccc2ccc(CN[C@@H]3CN(c4ccnc(N)n4)C[C@@H]3OC)nc12. The number of methoxy groups -OCH3 is 1.